The van der Waals surface area contributed by atoms with Crippen molar-refractivity contribution in [2.75, 3.05) is 6.54 Å². The van der Waals surface area contributed by atoms with Crippen LogP contribution in [-0.2, 0) is 6.42 Å². The van der Waals surface area contributed by atoms with Crippen LogP contribution in [0.4, 0.5) is 0 Å². The van der Waals surface area contributed by atoms with E-state index >= 15 is 0 Å². The molecule has 0 saturated carbocycles. The van der Waals surface area contributed by atoms with Gasteiger partial charge in [0, 0.05) is 14.9 Å². The molecule has 0 aromatic carbocycles. The van der Waals surface area contributed by atoms with E-state index < -0.39 is 0 Å². The number of thiophene rings is 1. The van der Waals surface area contributed by atoms with Gasteiger partial charge in [-0.05, 0) is 84.5 Å². The molecule has 1 N–H and O–H groups in total. The molecule has 1 aromatic rings. The van der Waals surface area contributed by atoms with Gasteiger partial charge >= 0.3 is 0 Å². The molecule has 1 rings (SSSR count). The first-order chi connectivity index (χ1) is 8.38. The van der Waals surface area contributed by atoms with E-state index in [1.165, 1.54) is 45.2 Å². The standard InChI is InChI=1S/C14H23Br2NS/c1-14(2,3)17-9-7-5-4-6-8-11-10-12(15)13(16)18-11/h10,17H,4-9H2,1-3H3. The van der Waals surface area contributed by atoms with Crippen LogP contribution in [0.5, 0.6) is 0 Å². The van der Waals surface area contributed by atoms with E-state index in [1.807, 2.05) is 11.3 Å². The average molecular weight is 397 g/mol. The zero-order chi connectivity index (χ0) is 13.6. The maximum absolute atomic E-state index is 3.54. The van der Waals surface area contributed by atoms with Crippen molar-refractivity contribution in [3.63, 3.8) is 0 Å². The van der Waals surface area contributed by atoms with Gasteiger partial charge in [-0.15, -0.1) is 11.3 Å². The Morgan fingerprint density at radius 3 is 2.33 bits per heavy atom. The fraction of sp³-hybridized carbons (Fsp3) is 0.714. The fourth-order valence-corrected chi connectivity index (χ4v) is 3.97. The monoisotopic (exact) mass is 395 g/mol. The molecule has 0 fully saturated rings. The Hall–Kier alpha value is 0.620. The molecule has 18 heavy (non-hydrogen) atoms. The number of unbranched alkanes of at least 4 members (excludes halogenated alkanes) is 3. The van der Waals surface area contributed by atoms with Gasteiger partial charge in [-0.2, -0.15) is 0 Å². The van der Waals surface area contributed by atoms with Crippen LogP contribution in [0.1, 0.15) is 51.3 Å². The molecule has 1 heterocycles. The molecule has 0 aliphatic heterocycles. The lowest BCUT2D eigenvalue weighted by Gasteiger charge is -2.20. The number of halogens is 2. The van der Waals surface area contributed by atoms with E-state index in [4.69, 9.17) is 0 Å². The molecular formula is C14H23Br2NS. The quantitative estimate of drug-likeness (QED) is 0.577. The van der Waals surface area contributed by atoms with Crippen LogP contribution >= 0.6 is 43.2 Å². The van der Waals surface area contributed by atoms with Crippen LogP contribution in [0.3, 0.4) is 0 Å². The van der Waals surface area contributed by atoms with Gasteiger partial charge in [0.25, 0.3) is 0 Å². The number of rotatable bonds is 7. The van der Waals surface area contributed by atoms with Gasteiger partial charge in [-0.25, -0.2) is 0 Å². The van der Waals surface area contributed by atoms with E-state index in [0.717, 1.165) is 6.54 Å². The predicted octanol–water partition coefficient (Wildman–Crippen LogP) is 5.76. The highest BCUT2D eigenvalue weighted by molar-refractivity contribution is 9.13. The van der Waals surface area contributed by atoms with Crippen molar-refractivity contribution in [1.29, 1.82) is 0 Å². The van der Waals surface area contributed by atoms with Crippen molar-refractivity contribution in [2.24, 2.45) is 0 Å². The smallest absolute Gasteiger partial charge is 0.0843 e. The topological polar surface area (TPSA) is 12.0 Å². The van der Waals surface area contributed by atoms with Gasteiger partial charge in [0.05, 0.1) is 3.79 Å². The maximum Gasteiger partial charge on any atom is 0.0843 e. The van der Waals surface area contributed by atoms with Crippen molar-refractivity contribution in [3.8, 4) is 0 Å². The predicted molar refractivity (Wildman–Crippen MR) is 89.6 cm³/mol. The van der Waals surface area contributed by atoms with Gasteiger partial charge in [-0.1, -0.05) is 12.8 Å². The van der Waals surface area contributed by atoms with Crippen molar-refractivity contribution in [1.82, 2.24) is 5.32 Å². The van der Waals surface area contributed by atoms with Gasteiger partial charge in [0.2, 0.25) is 0 Å². The molecule has 1 nitrogen and oxygen atoms in total. The molecule has 4 heteroatoms. The van der Waals surface area contributed by atoms with E-state index in [9.17, 15) is 0 Å². The van der Waals surface area contributed by atoms with E-state index in [-0.39, 0.29) is 5.54 Å². The summed E-state index contributed by atoms with van der Waals surface area (Å²) in [7, 11) is 0. The Morgan fingerprint density at radius 1 is 1.11 bits per heavy atom. The van der Waals surface area contributed by atoms with Gasteiger partial charge in [-0.3, -0.25) is 0 Å². The average Bonchev–Trinajstić information content (AvgIpc) is 2.55. The van der Waals surface area contributed by atoms with Crippen molar-refractivity contribution >= 4 is 43.2 Å². The summed E-state index contributed by atoms with van der Waals surface area (Å²) in [6, 6.07) is 2.23. The van der Waals surface area contributed by atoms with Crippen LogP contribution in [-0.4, -0.2) is 12.1 Å². The highest BCUT2D eigenvalue weighted by Crippen LogP contribution is 2.33. The van der Waals surface area contributed by atoms with E-state index in [1.54, 1.807) is 0 Å². The SMILES string of the molecule is CC(C)(C)NCCCCCCc1cc(Br)c(Br)s1. The Balaban J connectivity index is 2.02. The normalized spacial score (nSPS) is 12.1. The highest BCUT2D eigenvalue weighted by atomic mass is 79.9. The number of hydrogen-bond acceptors (Lipinski definition) is 2. The first-order valence-electron chi connectivity index (χ1n) is 6.57. The summed E-state index contributed by atoms with van der Waals surface area (Å²) in [6.07, 6.45) is 6.46. The minimum absolute atomic E-state index is 0.259. The Morgan fingerprint density at radius 2 is 1.78 bits per heavy atom. The van der Waals surface area contributed by atoms with Crippen LogP contribution in [0, 0.1) is 0 Å². The van der Waals surface area contributed by atoms with Gasteiger partial charge in [0.1, 0.15) is 0 Å². The third-order valence-corrected chi connectivity index (χ3v) is 6.02. The Labute approximate surface area is 132 Å². The molecule has 1 aromatic heterocycles. The lowest BCUT2D eigenvalue weighted by Crippen LogP contribution is -2.36. The second kappa shape index (κ2) is 8.03. The Kier molecular flexibility index (Phi) is 7.44. The summed E-state index contributed by atoms with van der Waals surface area (Å²) in [4.78, 5) is 1.47. The molecule has 0 bridgehead atoms. The van der Waals surface area contributed by atoms with E-state index in [0.29, 0.717) is 0 Å². The van der Waals surface area contributed by atoms with Crippen LogP contribution < -0.4 is 5.32 Å². The van der Waals surface area contributed by atoms with Crippen molar-refractivity contribution < 1.29 is 0 Å². The van der Waals surface area contributed by atoms with Crippen LogP contribution in [0.25, 0.3) is 0 Å². The molecular weight excluding hydrogens is 374 g/mol. The minimum Gasteiger partial charge on any atom is -0.312 e. The summed E-state index contributed by atoms with van der Waals surface area (Å²) < 4.78 is 2.41. The number of hydrogen-bond donors (Lipinski definition) is 1. The summed E-state index contributed by atoms with van der Waals surface area (Å²) >= 11 is 8.92. The van der Waals surface area contributed by atoms with Crippen LogP contribution in [0.15, 0.2) is 14.3 Å². The minimum atomic E-state index is 0.259. The highest BCUT2D eigenvalue weighted by Gasteiger charge is 2.07. The summed E-state index contributed by atoms with van der Waals surface area (Å²) in [6.45, 7) is 7.80. The fourth-order valence-electron chi connectivity index (χ4n) is 1.76. The van der Waals surface area contributed by atoms with Gasteiger partial charge < -0.3 is 5.32 Å². The molecule has 0 aliphatic carbocycles. The lowest BCUT2D eigenvalue weighted by atomic mass is 10.1. The zero-order valence-corrected chi connectivity index (χ0v) is 15.5. The number of aryl methyl sites for hydroxylation is 1. The summed E-state index contributed by atoms with van der Waals surface area (Å²) in [5, 5.41) is 3.53. The van der Waals surface area contributed by atoms with Crippen molar-refractivity contribution in [2.45, 2.75) is 58.4 Å². The second-order valence-corrected chi connectivity index (χ2v) is 8.98. The van der Waals surface area contributed by atoms with Crippen molar-refractivity contribution in [3.05, 3.63) is 19.2 Å². The first-order valence-corrected chi connectivity index (χ1v) is 8.97. The van der Waals surface area contributed by atoms with Crippen LogP contribution in [0.2, 0.25) is 0 Å². The summed E-state index contributed by atoms with van der Waals surface area (Å²) in [5.41, 5.74) is 0.259. The molecule has 0 aliphatic rings. The second-order valence-electron chi connectivity index (χ2n) is 5.68. The summed E-state index contributed by atoms with van der Waals surface area (Å²) in [5.74, 6) is 0. The zero-order valence-electron chi connectivity index (χ0n) is 11.5. The third-order valence-electron chi connectivity index (χ3n) is 2.70. The first kappa shape index (κ1) is 16.7. The molecule has 104 valence electrons. The molecule has 0 atom stereocenters. The molecule has 0 amide bonds. The third kappa shape index (κ3) is 7.27. The van der Waals surface area contributed by atoms with E-state index in [2.05, 4.69) is 64.0 Å². The number of nitrogens with one attached hydrogen (secondary N) is 1. The largest absolute Gasteiger partial charge is 0.312 e. The molecule has 0 spiro atoms. The molecule has 0 saturated heterocycles. The molecule has 0 radical (unpaired) electrons. The maximum atomic E-state index is 3.54. The molecule has 0 unspecified atom stereocenters. The lowest BCUT2D eigenvalue weighted by molar-refractivity contribution is 0.416. The Bertz CT molecular complexity index is 336. The van der Waals surface area contributed by atoms with Gasteiger partial charge in [0.15, 0.2) is 0 Å².